The van der Waals surface area contributed by atoms with Crippen LogP contribution in [0.1, 0.15) is 11.1 Å². The molecule has 0 saturated heterocycles. The van der Waals surface area contributed by atoms with Crippen molar-refractivity contribution in [1.29, 1.82) is 0 Å². The molecular weight excluding hydrogens is 252 g/mol. The van der Waals surface area contributed by atoms with Crippen LogP contribution < -0.4 is 9.47 Å². The first-order valence-corrected chi connectivity index (χ1v) is 6.60. The molecule has 3 aromatic rings. The number of imidazole rings is 1. The van der Waals surface area contributed by atoms with Gasteiger partial charge in [0.15, 0.2) is 11.5 Å². The molecule has 0 bridgehead atoms. The summed E-state index contributed by atoms with van der Waals surface area (Å²) >= 11 is 0. The van der Waals surface area contributed by atoms with Crippen LogP contribution in [0.4, 0.5) is 0 Å². The summed E-state index contributed by atoms with van der Waals surface area (Å²) in [5.74, 6) is 1.64. The number of hydrogen-bond acceptors (Lipinski definition) is 3. The molecule has 0 N–H and O–H groups in total. The molecule has 2 heterocycles. The zero-order valence-electron chi connectivity index (χ0n) is 11.2. The number of ether oxygens (including phenoxy) is 2. The lowest BCUT2D eigenvalue weighted by Crippen LogP contribution is -1.98. The molecule has 0 spiro atoms. The van der Waals surface area contributed by atoms with E-state index >= 15 is 0 Å². The monoisotopic (exact) mass is 266 g/mol. The molecule has 1 aliphatic rings. The molecule has 0 saturated carbocycles. The van der Waals surface area contributed by atoms with Crippen molar-refractivity contribution in [2.24, 2.45) is 0 Å². The highest BCUT2D eigenvalue weighted by Gasteiger charge is 2.13. The fourth-order valence-corrected chi connectivity index (χ4v) is 2.53. The van der Waals surface area contributed by atoms with Gasteiger partial charge in [0.2, 0.25) is 6.79 Å². The summed E-state index contributed by atoms with van der Waals surface area (Å²) < 4.78 is 12.9. The first kappa shape index (κ1) is 11.3. The molecule has 0 unspecified atom stereocenters. The van der Waals surface area contributed by atoms with Gasteiger partial charge in [0.05, 0.1) is 17.4 Å². The Kier molecular flexibility index (Phi) is 2.42. The number of benzene rings is 2. The number of aryl methyl sites for hydroxylation is 1. The van der Waals surface area contributed by atoms with Gasteiger partial charge in [-0.3, -0.25) is 0 Å². The van der Waals surface area contributed by atoms with E-state index in [1.54, 1.807) is 0 Å². The number of rotatable bonds is 2. The van der Waals surface area contributed by atoms with Crippen molar-refractivity contribution >= 4 is 11.0 Å². The molecule has 2 aromatic carbocycles. The second-order valence-electron chi connectivity index (χ2n) is 5.05. The van der Waals surface area contributed by atoms with E-state index in [2.05, 4.69) is 40.7 Å². The molecule has 4 rings (SSSR count). The van der Waals surface area contributed by atoms with Crippen LogP contribution in [0.3, 0.4) is 0 Å². The molecule has 1 aromatic heterocycles. The van der Waals surface area contributed by atoms with Crippen molar-refractivity contribution in [3.8, 4) is 11.5 Å². The van der Waals surface area contributed by atoms with Gasteiger partial charge < -0.3 is 14.0 Å². The quantitative estimate of drug-likeness (QED) is 0.715. The summed E-state index contributed by atoms with van der Waals surface area (Å²) in [5, 5.41) is 0. The van der Waals surface area contributed by atoms with E-state index in [1.807, 2.05) is 18.5 Å². The number of fused-ring (bicyclic) bond motifs is 2. The van der Waals surface area contributed by atoms with Crippen LogP contribution in [-0.4, -0.2) is 16.3 Å². The van der Waals surface area contributed by atoms with E-state index in [0.717, 1.165) is 29.1 Å². The van der Waals surface area contributed by atoms with E-state index in [0.29, 0.717) is 6.79 Å². The van der Waals surface area contributed by atoms with Crippen molar-refractivity contribution in [3.05, 3.63) is 53.9 Å². The van der Waals surface area contributed by atoms with Gasteiger partial charge in [0, 0.05) is 6.54 Å². The Morgan fingerprint density at radius 2 is 2.00 bits per heavy atom. The third-order valence-corrected chi connectivity index (χ3v) is 3.57. The smallest absolute Gasteiger partial charge is 0.231 e. The lowest BCUT2D eigenvalue weighted by molar-refractivity contribution is 0.174. The van der Waals surface area contributed by atoms with Gasteiger partial charge in [-0.25, -0.2) is 4.98 Å². The second kappa shape index (κ2) is 4.27. The molecule has 0 fully saturated rings. The van der Waals surface area contributed by atoms with Crippen LogP contribution in [0.15, 0.2) is 42.7 Å². The number of hydrogen-bond donors (Lipinski definition) is 0. The topological polar surface area (TPSA) is 36.3 Å². The maximum atomic E-state index is 5.42. The van der Waals surface area contributed by atoms with Crippen molar-refractivity contribution in [1.82, 2.24) is 9.55 Å². The van der Waals surface area contributed by atoms with E-state index in [-0.39, 0.29) is 0 Å². The molecule has 1 aliphatic heterocycles. The van der Waals surface area contributed by atoms with Gasteiger partial charge in [-0.05, 0) is 42.3 Å². The Morgan fingerprint density at radius 3 is 2.95 bits per heavy atom. The minimum atomic E-state index is 0.311. The highest BCUT2D eigenvalue weighted by molar-refractivity contribution is 5.76. The normalized spacial score (nSPS) is 13.1. The fourth-order valence-electron chi connectivity index (χ4n) is 2.53. The summed E-state index contributed by atoms with van der Waals surface area (Å²) in [6.45, 7) is 3.18. The third kappa shape index (κ3) is 1.81. The fraction of sp³-hybridized carbons (Fsp3) is 0.188. The Hall–Kier alpha value is -2.49. The molecule has 0 aliphatic carbocycles. The summed E-state index contributed by atoms with van der Waals surface area (Å²) in [4.78, 5) is 4.44. The highest BCUT2D eigenvalue weighted by Crippen LogP contribution is 2.32. The molecule has 4 heteroatoms. The molecule has 0 atom stereocenters. The van der Waals surface area contributed by atoms with Gasteiger partial charge in [0.1, 0.15) is 0 Å². The van der Waals surface area contributed by atoms with E-state index in [9.17, 15) is 0 Å². The van der Waals surface area contributed by atoms with E-state index < -0.39 is 0 Å². The Bertz CT molecular complexity index is 792. The van der Waals surface area contributed by atoms with Crippen LogP contribution >= 0.6 is 0 Å². The standard InChI is InChI=1S/C16H14N2O2/c1-11-2-4-13-14(6-11)18(9-17-13)8-12-3-5-15-16(7-12)20-10-19-15/h2-7,9H,8,10H2,1H3. The maximum absolute atomic E-state index is 5.42. The molecule has 0 amide bonds. The lowest BCUT2D eigenvalue weighted by Gasteiger charge is -2.06. The highest BCUT2D eigenvalue weighted by atomic mass is 16.7. The Labute approximate surface area is 116 Å². The van der Waals surface area contributed by atoms with Gasteiger partial charge in [-0.15, -0.1) is 0 Å². The van der Waals surface area contributed by atoms with Crippen LogP contribution in [0.2, 0.25) is 0 Å². The SMILES string of the molecule is Cc1ccc2ncn(Cc3ccc4c(c3)OCO4)c2c1. The average Bonchev–Trinajstić information content (AvgIpc) is 3.05. The van der Waals surface area contributed by atoms with E-state index in [4.69, 9.17) is 9.47 Å². The number of aromatic nitrogens is 2. The average molecular weight is 266 g/mol. The maximum Gasteiger partial charge on any atom is 0.231 e. The first-order chi connectivity index (χ1) is 9.79. The minimum Gasteiger partial charge on any atom is -0.454 e. The predicted octanol–water partition coefficient (Wildman–Crippen LogP) is 3.12. The van der Waals surface area contributed by atoms with Crippen LogP contribution in [0, 0.1) is 6.92 Å². The largest absolute Gasteiger partial charge is 0.454 e. The summed E-state index contributed by atoms with van der Waals surface area (Å²) in [6.07, 6.45) is 1.88. The second-order valence-corrected chi connectivity index (χ2v) is 5.05. The van der Waals surface area contributed by atoms with Crippen molar-refractivity contribution in [2.45, 2.75) is 13.5 Å². The van der Waals surface area contributed by atoms with Crippen molar-refractivity contribution < 1.29 is 9.47 Å². The van der Waals surface area contributed by atoms with E-state index in [1.165, 1.54) is 11.1 Å². The Balaban J connectivity index is 1.72. The third-order valence-electron chi connectivity index (χ3n) is 3.57. The lowest BCUT2D eigenvalue weighted by atomic mass is 10.2. The van der Waals surface area contributed by atoms with Crippen molar-refractivity contribution in [3.63, 3.8) is 0 Å². The van der Waals surface area contributed by atoms with Crippen LogP contribution in [0.25, 0.3) is 11.0 Å². The predicted molar refractivity (Wildman–Crippen MR) is 76.1 cm³/mol. The molecule has 20 heavy (non-hydrogen) atoms. The van der Waals surface area contributed by atoms with Crippen LogP contribution in [0.5, 0.6) is 11.5 Å². The number of nitrogens with zero attached hydrogens (tertiary/aromatic N) is 2. The molecule has 4 nitrogen and oxygen atoms in total. The molecule has 100 valence electrons. The van der Waals surface area contributed by atoms with Gasteiger partial charge >= 0.3 is 0 Å². The summed E-state index contributed by atoms with van der Waals surface area (Å²) in [6, 6.07) is 12.4. The minimum absolute atomic E-state index is 0.311. The summed E-state index contributed by atoms with van der Waals surface area (Å²) in [5.41, 5.74) is 4.60. The zero-order chi connectivity index (χ0) is 13.5. The van der Waals surface area contributed by atoms with Gasteiger partial charge in [0.25, 0.3) is 0 Å². The molecular formula is C16H14N2O2. The first-order valence-electron chi connectivity index (χ1n) is 6.60. The zero-order valence-corrected chi connectivity index (χ0v) is 11.2. The van der Waals surface area contributed by atoms with Gasteiger partial charge in [-0.2, -0.15) is 0 Å². The van der Waals surface area contributed by atoms with Gasteiger partial charge in [-0.1, -0.05) is 12.1 Å². The van der Waals surface area contributed by atoms with Crippen LogP contribution in [-0.2, 0) is 6.54 Å². The summed E-state index contributed by atoms with van der Waals surface area (Å²) in [7, 11) is 0. The molecule has 0 radical (unpaired) electrons. The van der Waals surface area contributed by atoms with Crippen molar-refractivity contribution in [2.75, 3.05) is 6.79 Å². The Morgan fingerprint density at radius 1 is 1.10 bits per heavy atom.